The maximum atomic E-state index is 13.0. The van der Waals surface area contributed by atoms with Crippen LogP contribution in [0.25, 0.3) is 0 Å². The largest absolute Gasteiger partial charge is 0.428 e. The van der Waals surface area contributed by atoms with Gasteiger partial charge >= 0.3 is 7.48 Å². The summed E-state index contributed by atoms with van der Waals surface area (Å²) in [6, 6.07) is 2.16. The molecule has 1 aliphatic rings. The zero-order valence-electron chi connectivity index (χ0n) is 6.47. The van der Waals surface area contributed by atoms with E-state index in [-0.39, 0.29) is 6.10 Å². The first-order valence-corrected chi connectivity index (χ1v) is 3.66. The van der Waals surface area contributed by atoms with Crippen LogP contribution in [0.2, 0.25) is 0 Å². The molecule has 0 aliphatic carbocycles. The summed E-state index contributed by atoms with van der Waals surface area (Å²) in [5.74, 6) is -1.12. The molecule has 0 bridgehead atoms. The van der Waals surface area contributed by atoms with Gasteiger partial charge in [-0.15, -0.1) is 0 Å². The third kappa shape index (κ3) is 1.03. The third-order valence-corrected chi connectivity index (χ3v) is 1.95. The Morgan fingerprint density at radius 2 is 2.17 bits per heavy atom. The van der Waals surface area contributed by atoms with Crippen molar-refractivity contribution < 1.29 is 13.4 Å². The van der Waals surface area contributed by atoms with Gasteiger partial charge in [0, 0.05) is 6.07 Å². The standard InChI is InChI=1S/C8H6BF2O/c1-4-6-2-5(10)3-7(11)8(6)9-12-4/h2-4H,1H3/t4-/m1/s1. The molecule has 1 heterocycles. The van der Waals surface area contributed by atoms with E-state index in [0.29, 0.717) is 11.0 Å². The Hall–Kier alpha value is -0.895. The molecule has 0 spiro atoms. The lowest BCUT2D eigenvalue weighted by Gasteiger charge is -2.04. The molecule has 1 atom stereocenters. The van der Waals surface area contributed by atoms with Crippen LogP contribution in [-0.4, -0.2) is 7.48 Å². The van der Waals surface area contributed by atoms with Crippen molar-refractivity contribution in [1.82, 2.24) is 0 Å². The second-order valence-corrected chi connectivity index (χ2v) is 2.79. The highest BCUT2D eigenvalue weighted by molar-refractivity contribution is 6.49. The normalized spacial score (nSPS) is 20.4. The molecule has 1 radical (unpaired) electrons. The summed E-state index contributed by atoms with van der Waals surface area (Å²) in [5, 5.41) is 0. The lowest BCUT2D eigenvalue weighted by Crippen LogP contribution is -2.16. The molecule has 0 unspecified atom stereocenters. The second kappa shape index (κ2) is 2.56. The van der Waals surface area contributed by atoms with Crippen LogP contribution in [0.3, 0.4) is 0 Å². The van der Waals surface area contributed by atoms with Gasteiger partial charge in [-0.2, -0.15) is 0 Å². The van der Waals surface area contributed by atoms with E-state index in [2.05, 4.69) is 0 Å². The van der Waals surface area contributed by atoms with E-state index in [1.165, 1.54) is 13.5 Å². The number of rotatable bonds is 0. The Bertz CT molecular complexity index is 327. The molecule has 1 aliphatic heterocycles. The predicted molar refractivity (Wildman–Crippen MR) is 41.2 cm³/mol. The molecule has 1 aromatic carbocycles. The van der Waals surface area contributed by atoms with E-state index in [1.807, 2.05) is 0 Å². The highest BCUT2D eigenvalue weighted by Crippen LogP contribution is 2.21. The fourth-order valence-electron chi connectivity index (χ4n) is 1.31. The van der Waals surface area contributed by atoms with Crippen LogP contribution in [0.1, 0.15) is 18.6 Å². The van der Waals surface area contributed by atoms with Crippen molar-refractivity contribution in [3.05, 3.63) is 29.3 Å². The lowest BCUT2D eigenvalue weighted by atomic mass is 9.86. The number of halogens is 2. The number of hydrogen-bond acceptors (Lipinski definition) is 1. The summed E-state index contributed by atoms with van der Waals surface area (Å²) in [6.45, 7) is 1.75. The molecule has 2 rings (SSSR count). The molecular weight excluding hydrogens is 161 g/mol. The molecule has 1 aromatic rings. The van der Waals surface area contributed by atoms with Crippen molar-refractivity contribution in [2.45, 2.75) is 13.0 Å². The first kappa shape index (κ1) is 7.74. The molecule has 12 heavy (non-hydrogen) atoms. The molecule has 0 saturated heterocycles. The first-order valence-electron chi connectivity index (χ1n) is 3.66. The third-order valence-electron chi connectivity index (χ3n) is 1.95. The highest BCUT2D eigenvalue weighted by atomic mass is 19.1. The van der Waals surface area contributed by atoms with Gasteiger partial charge in [0.2, 0.25) is 0 Å². The molecule has 0 fully saturated rings. The number of fused-ring (bicyclic) bond motifs is 1. The molecule has 0 aromatic heterocycles. The quantitative estimate of drug-likeness (QED) is 0.529. The van der Waals surface area contributed by atoms with Crippen molar-refractivity contribution in [2.24, 2.45) is 0 Å². The van der Waals surface area contributed by atoms with E-state index in [0.717, 1.165) is 6.07 Å². The van der Waals surface area contributed by atoms with Crippen molar-refractivity contribution in [3.8, 4) is 0 Å². The summed E-state index contributed by atoms with van der Waals surface area (Å²) in [7, 11) is 1.33. The zero-order valence-corrected chi connectivity index (χ0v) is 6.47. The Balaban J connectivity index is 2.60. The van der Waals surface area contributed by atoms with Crippen LogP contribution in [0, 0.1) is 11.6 Å². The van der Waals surface area contributed by atoms with E-state index in [9.17, 15) is 8.78 Å². The van der Waals surface area contributed by atoms with Gasteiger partial charge in [-0.1, -0.05) is 0 Å². The monoisotopic (exact) mass is 167 g/mol. The fourth-order valence-corrected chi connectivity index (χ4v) is 1.31. The fraction of sp³-hybridized carbons (Fsp3) is 0.250. The Morgan fingerprint density at radius 3 is 2.92 bits per heavy atom. The molecule has 0 amide bonds. The highest BCUT2D eigenvalue weighted by Gasteiger charge is 2.24. The smallest absolute Gasteiger partial charge is 0.334 e. The van der Waals surface area contributed by atoms with Crippen LogP contribution in [-0.2, 0) is 4.65 Å². The van der Waals surface area contributed by atoms with Crippen molar-refractivity contribution in [3.63, 3.8) is 0 Å². The van der Waals surface area contributed by atoms with Gasteiger partial charge in [0.15, 0.2) is 0 Å². The maximum absolute atomic E-state index is 13.0. The van der Waals surface area contributed by atoms with Crippen LogP contribution >= 0.6 is 0 Å². The molecule has 61 valence electrons. The van der Waals surface area contributed by atoms with Gasteiger partial charge < -0.3 is 4.65 Å². The minimum absolute atomic E-state index is 0.245. The van der Waals surface area contributed by atoms with Gasteiger partial charge in [-0.05, 0) is 24.0 Å². The van der Waals surface area contributed by atoms with Gasteiger partial charge in [-0.25, -0.2) is 8.78 Å². The van der Waals surface area contributed by atoms with Crippen LogP contribution in [0.15, 0.2) is 12.1 Å². The topological polar surface area (TPSA) is 9.23 Å². The average molecular weight is 167 g/mol. The molecule has 4 heteroatoms. The van der Waals surface area contributed by atoms with Crippen molar-refractivity contribution in [1.29, 1.82) is 0 Å². The molecule has 0 saturated carbocycles. The molecular formula is C8H6BF2O. The Morgan fingerprint density at radius 1 is 1.42 bits per heavy atom. The van der Waals surface area contributed by atoms with Crippen LogP contribution in [0.4, 0.5) is 8.78 Å². The van der Waals surface area contributed by atoms with Crippen LogP contribution in [0.5, 0.6) is 0 Å². The zero-order chi connectivity index (χ0) is 8.72. The van der Waals surface area contributed by atoms with E-state index in [1.54, 1.807) is 6.92 Å². The minimum atomic E-state index is -0.561. The maximum Gasteiger partial charge on any atom is 0.334 e. The summed E-state index contributed by atoms with van der Waals surface area (Å²) in [4.78, 5) is 0. The summed E-state index contributed by atoms with van der Waals surface area (Å²) in [6.07, 6.45) is -0.245. The van der Waals surface area contributed by atoms with Crippen molar-refractivity contribution in [2.75, 3.05) is 0 Å². The predicted octanol–water partition coefficient (Wildman–Crippen LogP) is 1.30. The summed E-state index contributed by atoms with van der Waals surface area (Å²) < 4.78 is 30.7. The average Bonchev–Trinajstić information content (AvgIpc) is 2.33. The number of hydrogen-bond donors (Lipinski definition) is 0. The minimum Gasteiger partial charge on any atom is -0.428 e. The van der Waals surface area contributed by atoms with Gasteiger partial charge in [0.25, 0.3) is 0 Å². The molecule has 0 N–H and O–H groups in total. The van der Waals surface area contributed by atoms with Gasteiger partial charge in [0.05, 0.1) is 6.10 Å². The van der Waals surface area contributed by atoms with Crippen LogP contribution < -0.4 is 5.46 Å². The van der Waals surface area contributed by atoms with Crippen molar-refractivity contribution >= 4 is 12.9 Å². The van der Waals surface area contributed by atoms with E-state index in [4.69, 9.17) is 4.65 Å². The second-order valence-electron chi connectivity index (χ2n) is 2.79. The molecule has 1 nitrogen and oxygen atoms in total. The Kier molecular flexibility index (Phi) is 1.65. The lowest BCUT2D eigenvalue weighted by molar-refractivity contribution is 0.257. The SMILES string of the molecule is C[C@H]1O[B]c2c(F)cc(F)cc21. The first-order chi connectivity index (χ1) is 5.68. The Labute approximate surface area is 69.6 Å². The number of benzene rings is 1. The summed E-state index contributed by atoms with van der Waals surface area (Å²) in [5.41, 5.74) is 0.941. The van der Waals surface area contributed by atoms with Gasteiger partial charge in [0.1, 0.15) is 11.6 Å². The van der Waals surface area contributed by atoms with E-state index >= 15 is 0 Å². The summed E-state index contributed by atoms with van der Waals surface area (Å²) >= 11 is 0. The van der Waals surface area contributed by atoms with E-state index < -0.39 is 11.6 Å². The van der Waals surface area contributed by atoms with Gasteiger partial charge in [-0.3, -0.25) is 0 Å².